The Hall–Kier alpha value is -3.96. The second kappa shape index (κ2) is 11.8. The van der Waals surface area contributed by atoms with Gasteiger partial charge in [-0.1, -0.05) is 12.1 Å². The van der Waals surface area contributed by atoms with Gasteiger partial charge in [-0.3, -0.25) is 9.78 Å². The molecule has 3 aromatic rings. The number of pyridine rings is 1. The van der Waals surface area contributed by atoms with Crippen LogP contribution in [0.25, 0.3) is 0 Å². The van der Waals surface area contributed by atoms with Gasteiger partial charge < -0.3 is 19.9 Å². The smallest absolute Gasteiger partial charge is 0.409 e. The predicted molar refractivity (Wildman–Crippen MR) is 140 cm³/mol. The number of hydrogen-bond donors (Lipinski definition) is 2. The number of anilines is 2. The zero-order chi connectivity index (χ0) is 26.3. The first-order chi connectivity index (χ1) is 17.9. The van der Waals surface area contributed by atoms with E-state index < -0.39 is 10.0 Å². The molecule has 0 atom stereocenters. The molecule has 194 valence electrons. The molecule has 1 aromatic heterocycles. The van der Waals surface area contributed by atoms with Gasteiger partial charge >= 0.3 is 6.09 Å². The van der Waals surface area contributed by atoms with E-state index in [-0.39, 0.29) is 23.4 Å². The lowest BCUT2D eigenvalue weighted by atomic mass is 10.1. The van der Waals surface area contributed by atoms with Gasteiger partial charge in [0.2, 0.25) is 10.0 Å². The molecule has 10 nitrogen and oxygen atoms in total. The van der Waals surface area contributed by atoms with Crippen molar-refractivity contribution in [1.29, 1.82) is 0 Å². The van der Waals surface area contributed by atoms with E-state index in [0.29, 0.717) is 44.0 Å². The number of rotatable bonds is 8. The number of carbonyl (C=O) groups is 2. The Labute approximate surface area is 216 Å². The molecule has 0 spiro atoms. The summed E-state index contributed by atoms with van der Waals surface area (Å²) in [6, 6.07) is 16.9. The largest absolute Gasteiger partial charge is 0.450 e. The molecule has 2 heterocycles. The molecule has 0 unspecified atom stereocenters. The summed E-state index contributed by atoms with van der Waals surface area (Å²) in [4.78, 5) is 32.1. The summed E-state index contributed by atoms with van der Waals surface area (Å²) in [5, 5.41) is 2.76. The molecule has 1 fully saturated rings. The minimum absolute atomic E-state index is 0.0877. The van der Waals surface area contributed by atoms with Gasteiger partial charge in [-0.05, 0) is 61.0 Å². The van der Waals surface area contributed by atoms with Crippen LogP contribution in [0.2, 0.25) is 0 Å². The summed E-state index contributed by atoms with van der Waals surface area (Å²) in [6.45, 7) is 4.58. The Morgan fingerprint density at radius 3 is 2.30 bits per heavy atom. The topological polar surface area (TPSA) is 121 Å². The Kier molecular flexibility index (Phi) is 8.36. The minimum Gasteiger partial charge on any atom is -0.450 e. The van der Waals surface area contributed by atoms with Crippen LogP contribution in [-0.2, 0) is 21.3 Å². The van der Waals surface area contributed by atoms with E-state index >= 15 is 0 Å². The average molecular weight is 524 g/mol. The van der Waals surface area contributed by atoms with Gasteiger partial charge in [0.15, 0.2) is 0 Å². The van der Waals surface area contributed by atoms with Gasteiger partial charge in [-0.15, -0.1) is 0 Å². The highest BCUT2D eigenvalue weighted by Gasteiger charge is 2.22. The average Bonchev–Trinajstić information content (AvgIpc) is 2.93. The van der Waals surface area contributed by atoms with E-state index in [1.165, 1.54) is 0 Å². The number of hydrogen-bond acceptors (Lipinski definition) is 7. The quantitative estimate of drug-likeness (QED) is 0.465. The fourth-order valence-electron chi connectivity index (χ4n) is 3.87. The highest BCUT2D eigenvalue weighted by molar-refractivity contribution is 7.89. The number of nitrogens with one attached hydrogen (secondary N) is 2. The summed E-state index contributed by atoms with van der Waals surface area (Å²) >= 11 is 0. The van der Waals surface area contributed by atoms with Crippen molar-refractivity contribution < 1.29 is 22.7 Å². The van der Waals surface area contributed by atoms with Crippen LogP contribution in [0.4, 0.5) is 16.2 Å². The molecule has 0 bridgehead atoms. The molecule has 1 aliphatic rings. The normalized spacial score (nSPS) is 13.8. The molecule has 0 radical (unpaired) electrons. The Morgan fingerprint density at radius 2 is 1.68 bits per heavy atom. The molecular weight excluding hydrogens is 494 g/mol. The van der Waals surface area contributed by atoms with Crippen molar-refractivity contribution in [2.75, 3.05) is 43.0 Å². The lowest BCUT2D eigenvalue weighted by Gasteiger charge is -2.35. The molecule has 1 saturated heterocycles. The second-order valence-corrected chi connectivity index (χ2v) is 10.2. The summed E-state index contributed by atoms with van der Waals surface area (Å²) in [6.07, 6.45) is 2.87. The van der Waals surface area contributed by atoms with Gasteiger partial charge in [0.1, 0.15) is 0 Å². The van der Waals surface area contributed by atoms with E-state index in [2.05, 4.69) is 19.9 Å². The number of ether oxygens (including phenoxy) is 1. The SMILES string of the molecule is CCOC(=O)N1CCN(c2ccc(S(=O)(=O)NCc3ccc(C(=O)Nc4cccnc4)cc3)cc2)CC1. The maximum Gasteiger partial charge on any atom is 0.409 e. The second-order valence-electron chi connectivity index (χ2n) is 8.38. The highest BCUT2D eigenvalue weighted by Crippen LogP contribution is 2.20. The Balaban J connectivity index is 1.30. The first-order valence-corrected chi connectivity index (χ1v) is 13.4. The van der Waals surface area contributed by atoms with Crippen LogP contribution in [0, 0.1) is 0 Å². The molecule has 2 N–H and O–H groups in total. The maximum atomic E-state index is 12.8. The van der Waals surface area contributed by atoms with Gasteiger partial charge in [0.25, 0.3) is 5.91 Å². The molecule has 2 aromatic carbocycles. The van der Waals surface area contributed by atoms with Crippen LogP contribution in [0.1, 0.15) is 22.8 Å². The summed E-state index contributed by atoms with van der Waals surface area (Å²) < 4.78 is 33.2. The van der Waals surface area contributed by atoms with Crippen LogP contribution in [0.3, 0.4) is 0 Å². The third kappa shape index (κ3) is 6.83. The van der Waals surface area contributed by atoms with E-state index in [9.17, 15) is 18.0 Å². The number of sulfonamides is 1. The van der Waals surface area contributed by atoms with E-state index in [4.69, 9.17) is 4.74 Å². The van der Waals surface area contributed by atoms with Crippen molar-refractivity contribution in [2.45, 2.75) is 18.4 Å². The number of amides is 2. The van der Waals surface area contributed by atoms with Crippen LogP contribution in [-0.4, -0.2) is 63.1 Å². The Bertz CT molecular complexity index is 1310. The fraction of sp³-hybridized carbons (Fsp3) is 0.269. The number of carbonyl (C=O) groups excluding carboxylic acids is 2. The van der Waals surface area contributed by atoms with E-state index in [0.717, 1.165) is 11.3 Å². The fourth-order valence-corrected chi connectivity index (χ4v) is 4.89. The van der Waals surface area contributed by atoms with Gasteiger partial charge in [0.05, 0.1) is 23.4 Å². The van der Waals surface area contributed by atoms with Gasteiger partial charge in [-0.2, -0.15) is 0 Å². The minimum atomic E-state index is -3.72. The summed E-state index contributed by atoms with van der Waals surface area (Å²) in [7, 11) is -3.72. The number of benzene rings is 2. The van der Waals surface area contributed by atoms with Crippen molar-refractivity contribution in [3.8, 4) is 0 Å². The number of aromatic nitrogens is 1. The Morgan fingerprint density at radius 1 is 0.973 bits per heavy atom. The molecule has 1 aliphatic heterocycles. The van der Waals surface area contributed by atoms with E-state index in [1.807, 2.05) is 0 Å². The first-order valence-electron chi connectivity index (χ1n) is 11.9. The lowest BCUT2D eigenvalue weighted by Crippen LogP contribution is -2.49. The third-order valence-electron chi connectivity index (χ3n) is 5.92. The standard InChI is InChI=1S/C26H29N5O5S/c1-2-36-26(33)31-16-14-30(15-17-31)23-9-11-24(12-10-23)37(34,35)28-18-20-5-7-21(8-6-20)25(32)29-22-4-3-13-27-19-22/h3-13,19,28H,2,14-18H2,1H3,(H,29,32). The number of piperazine rings is 1. The molecule has 2 amide bonds. The zero-order valence-corrected chi connectivity index (χ0v) is 21.3. The molecule has 0 saturated carbocycles. The van der Waals surface area contributed by atoms with E-state index in [1.54, 1.807) is 84.9 Å². The van der Waals surface area contributed by atoms with Crippen molar-refractivity contribution in [3.63, 3.8) is 0 Å². The van der Waals surface area contributed by atoms with Crippen LogP contribution >= 0.6 is 0 Å². The van der Waals surface area contributed by atoms with Crippen molar-refractivity contribution in [2.24, 2.45) is 0 Å². The summed E-state index contributed by atoms with van der Waals surface area (Å²) in [5.74, 6) is -0.275. The van der Waals surface area contributed by atoms with Gasteiger partial charge in [0, 0.05) is 50.2 Å². The molecule has 0 aliphatic carbocycles. The third-order valence-corrected chi connectivity index (χ3v) is 7.34. The molecule has 11 heteroatoms. The maximum absolute atomic E-state index is 12.8. The molecule has 4 rings (SSSR count). The van der Waals surface area contributed by atoms with Crippen LogP contribution in [0.15, 0.2) is 78.0 Å². The lowest BCUT2D eigenvalue weighted by molar-refractivity contribution is 0.102. The van der Waals surface area contributed by atoms with Crippen molar-refractivity contribution in [3.05, 3.63) is 84.2 Å². The molecule has 37 heavy (non-hydrogen) atoms. The van der Waals surface area contributed by atoms with Crippen LogP contribution in [0.5, 0.6) is 0 Å². The van der Waals surface area contributed by atoms with Gasteiger partial charge in [-0.25, -0.2) is 17.9 Å². The predicted octanol–water partition coefficient (Wildman–Crippen LogP) is 3.09. The number of nitrogens with zero attached hydrogens (tertiary/aromatic N) is 3. The monoisotopic (exact) mass is 523 g/mol. The summed E-state index contributed by atoms with van der Waals surface area (Å²) in [5.41, 5.74) is 2.66. The zero-order valence-electron chi connectivity index (χ0n) is 20.5. The first kappa shape index (κ1) is 26.1. The van der Waals surface area contributed by atoms with Crippen LogP contribution < -0.4 is 14.9 Å². The highest BCUT2D eigenvalue weighted by atomic mass is 32.2. The molecular formula is C26H29N5O5S. The van der Waals surface area contributed by atoms with Crippen molar-refractivity contribution >= 4 is 33.4 Å². The van der Waals surface area contributed by atoms with Crippen molar-refractivity contribution in [1.82, 2.24) is 14.6 Å².